The molecule has 0 aliphatic heterocycles. The van der Waals surface area contributed by atoms with Crippen molar-refractivity contribution in [3.8, 4) is 11.3 Å². The first-order valence-corrected chi connectivity index (χ1v) is 4.58. The lowest BCUT2D eigenvalue weighted by atomic mass is 10.1. The van der Waals surface area contributed by atoms with Crippen LogP contribution in [0.15, 0.2) is 35.5 Å². The Bertz CT molecular complexity index is 533. The van der Waals surface area contributed by atoms with Gasteiger partial charge in [-0.05, 0) is 5.18 Å². The van der Waals surface area contributed by atoms with E-state index in [4.69, 9.17) is 0 Å². The Morgan fingerprint density at radius 1 is 1.18 bits per heavy atom. The SMILES string of the molecule is O=Nc1c(-c2ccccc2)n[nH]c1C(F)(F)F. The molecule has 0 fully saturated rings. The Labute approximate surface area is 93.4 Å². The van der Waals surface area contributed by atoms with Gasteiger partial charge in [-0.2, -0.15) is 18.3 Å². The lowest BCUT2D eigenvalue weighted by Crippen LogP contribution is -2.05. The fraction of sp³-hybridized carbons (Fsp3) is 0.100. The van der Waals surface area contributed by atoms with E-state index in [0.29, 0.717) is 5.56 Å². The van der Waals surface area contributed by atoms with Crippen LogP contribution < -0.4 is 0 Å². The smallest absolute Gasteiger partial charge is 0.271 e. The first-order valence-electron chi connectivity index (χ1n) is 4.58. The lowest BCUT2D eigenvalue weighted by Gasteiger charge is -2.02. The minimum Gasteiger partial charge on any atom is -0.271 e. The van der Waals surface area contributed by atoms with Gasteiger partial charge in [-0.3, -0.25) is 5.10 Å². The van der Waals surface area contributed by atoms with Crippen molar-refractivity contribution in [1.82, 2.24) is 10.2 Å². The van der Waals surface area contributed by atoms with Crippen molar-refractivity contribution in [2.24, 2.45) is 5.18 Å². The molecule has 0 unspecified atom stereocenters. The standard InChI is InChI=1S/C10H6F3N3O/c11-10(12,13)9-8(16-17)7(14-15-9)6-4-2-1-3-5-6/h1-5H,(H,14,15). The number of hydrogen-bond donors (Lipinski definition) is 1. The number of rotatable bonds is 2. The molecule has 0 aliphatic rings. The summed E-state index contributed by atoms with van der Waals surface area (Å²) >= 11 is 0. The zero-order valence-corrected chi connectivity index (χ0v) is 8.32. The normalized spacial score (nSPS) is 11.5. The van der Waals surface area contributed by atoms with E-state index in [2.05, 4.69) is 10.3 Å². The zero-order chi connectivity index (χ0) is 12.5. The van der Waals surface area contributed by atoms with Crippen LogP contribution >= 0.6 is 0 Å². The first kappa shape index (κ1) is 11.3. The second-order valence-electron chi connectivity index (χ2n) is 3.25. The Balaban J connectivity index is 2.58. The molecule has 1 aromatic carbocycles. The second kappa shape index (κ2) is 4.00. The van der Waals surface area contributed by atoms with Crippen molar-refractivity contribution in [2.75, 3.05) is 0 Å². The third-order valence-electron chi connectivity index (χ3n) is 2.16. The number of halogens is 3. The summed E-state index contributed by atoms with van der Waals surface area (Å²) in [5, 5.41) is 7.69. The van der Waals surface area contributed by atoms with Gasteiger partial charge in [0.05, 0.1) is 0 Å². The Kier molecular flexibility index (Phi) is 2.66. The number of alkyl halides is 3. The van der Waals surface area contributed by atoms with E-state index in [-0.39, 0.29) is 5.69 Å². The van der Waals surface area contributed by atoms with Gasteiger partial charge in [0.2, 0.25) is 0 Å². The van der Waals surface area contributed by atoms with Crippen LogP contribution in [-0.4, -0.2) is 10.2 Å². The molecule has 0 aliphatic carbocycles. The Hall–Kier alpha value is -2.18. The van der Waals surface area contributed by atoms with Crippen molar-refractivity contribution in [3.63, 3.8) is 0 Å². The van der Waals surface area contributed by atoms with E-state index in [1.807, 2.05) is 0 Å². The van der Waals surface area contributed by atoms with Crippen LogP contribution in [0.1, 0.15) is 5.69 Å². The third-order valence-corrected chi connectivity index (χ3v) is 2.16. The van der Waals surface area contributed by atoms with Crippen LogP contribution in [0.5, 0.6) is 0 Å². The Morgan fingerprint density at radius 2 is 1.82 bits per heavy atom. The fourth-order valence-corrected chi connectivity index (χ4v) is 1.42. The molecule has 2 rings (SSSR count). The number of aromatic amines is 1. The molecule has 0 amide bonds. The average molecular weight is 241 g/mol. The summed E-state index contributed by atoms with van der Waals surface area (Å²) in [5.74, 6) is 0. The lowest BCUT2D eigenvalue weighted by molar-refractivity contribution is -0.140. The molecule has 0 radical (unpaired) electrons. The molecule has 4 nitrogen and oxygen atoms in total. The van der Waals surface area contributed by atoms with E-state index in [9.17, 15) is 18.1 Å². The van der Waals surface area contributed by atoms with Gasteiger partial charge in [0, 0.05) is 5.56 Å². The van der Waals surface area contributed by atoms with Crippen molar-refractivity contribution in [2.45, 2.75) is 6.18 Å². The van der Waals surface area contributed by atoms with Gasteiger partial charge >= 0.3 is 6.18 Å². The highest BCUT2D eigenvalue weighted by Gasteiger charge is 2.38. The molecular formula is C10H6F3N3O. The first-order chi connectivity index (χ1) is 8.04. The van der Waals surface area contributed by atoms with Crippen molar-refractivity contribution >= 4 is 5.69 Å². The highest BCUT2D eigenvalue weighted by atomic mass is 19.4. The largest absolute Gasteiger partial charge is 0.435 e. The number of hydrogen-bond acceptors (Lipinski definition) is 3. The van der Waals surface area contributed by atoms with E-state index in [1.54, 1.807) is 35.4 Å². The second-order valence-corrected chi connectivity index (χ2v) is 3.25. The van der Waals surface area contributed by atoms with Gasteiger partial charge in [-0.1, -0.05) is 30.3 Å². The summed E-state index contributed by atoms with van der Waals surface area (Å²) in [5.41, 5.74) is -1.66. The molecule has 17 heavy (non-hydrogen) atoms. The number of nitrogens with zero attached hydrogens (tertiary/aromatic N) is 2. The summed E-state index contributed by atoms with van der Waals surface area (Å²) in [7, 11) is 0. The van der Waals surface area contributed by atoms with Gasteiger partial charge < -0.3 is 0 Å². The van der Waals surface area contributed by atoms with Crippen LogP contribution in [-0.2, 0) is 6.18 Å². The summed E-state index contributed by atoms with van der Waals surface area (Å²) in [6.45, 7) is 0. The van der Waals surface area contributed by atoms with Crippen LogP contribution in [0.3, 0.4) is 0 Å². The maximum absolute atomic E-state index is 12.5. The molecule has 1 N–H and O–H groups in total. The van der Waals surface area contributed by atoms with Gasteiger partial charge in [0.25, 0.3) is 0 Å². The van der Waals surface area contributed by atoms with Crippen molar-refractivity contribution < 1.29 is 13.2 Å². The zero-order valence-electron chi connectivity index (χ0n) is 8.32. The molecule has 0 spiro atoms. The van der Waals surface area contributed by atoms with Crippen LogP contribution in [0.2, 0.25) is 0 Å². The maximum Gasteiger partial charge on any atom is 0.435 e. The van der Waals surface area contributed by atoms with E-state index in [1.165, 1.54) is 0 Å². The van der Waals surface area contributed by atoms with Crippen LogP contribution in [0.4, 0.5) is 18.9 Å². The predicted molar refractivity (Wildman–Crippen MR) is 54.5 cm³/mol. The fourth-order valence-electron chi connectivity index (χ4n) is 1.42. The number of nitroso groups, excluding NO2 is 1. The molecule has 2 aromatic rings. The summed E-state index contributed by atoms with van der Waals surface area (Å²) in [6, 6.07) is 8.06. The molecule has 1 heterocycles. The average Bonchev–Trinajstić information content (AvgIpc) is 2.73. The van der Waals surface area contributed by atoms with Crippen LogP contribution in [0, 0.1) is 4.91 Å². The summed E-state index contributed by atoms with van der Waals surface area (Å²) in [4.78, 5) is 10.5. The third kappa shape index (κ3) is 2.03. The van der Waals surface area contributed by atoms with Gasteiger partial charge in [0.15, 0.2) is 11.4 Å². The molecule has 0 bridgehead atoms. The molecule has 88 valence electrons. The summed E-state index contributed by atoms with van der Waals surface area (Å²) < 4.78 is 37.5. The van der Waals surface area contributed by atoms with Crippen molar-refractivity contribution in [1.29, 1.82) is 0 Å². The monoisotopic (exact) mass is 241 g/mol. The number of nitrogens with one attached hydrogen (secondary N) is 1. The highest BCUT2D eigenvalue weighted by molar-refractivity contribution is 5.73. The topological polar surface area (TPSA) is 58.1 Å². The van der Waals surface area contributed by atoms with Crippen molar-refractivity contribution in [3.05, 3.63) is 40.9 Å². The van der Waals surface area contributed by atoms with E-state index in [0.717, 1.165) is 0 Å². The quantitative estimate of drug-likeness (QED) is 0.818. The molecule has 0 saturated heterocycles. The maximum atomic E-state index is 12.5. The van der Waals surface area contributed by atoms with E-state index >= 15 is 0 Å². The predicted octanol–water partition coefficient (Wildman–Crippen LogP) is 3.49. The van der Waals surface area contributed by atoms with E-state index < -0.39 is 17.6 Å². The molecule has 0 atom stereocenters. The number of H-pyrrole nitrogens is 1. The minimum atomic E-state index is -4.68. The number of benzene rings is 1. The number of aromatic nitrogens is 2. The van der Waals surface area contributed by atoms with Gasteiger partial charge in [-0.15, -0.1) is 4.91 Å². The van der Waals surface area contributed by atoms with Gasteiger partial charge in [0.1, 0.15) is 5.69 Å². The molecule has 7 heteroatoms. The summed E-state index contributed by atoms with van der Waals surface area (Å²) in [6.07, 6.45) is -4.68. The molecular weight excluding hydrogens is 235 g/mol. The van der Waals surface area contributed by atoms with Crippen LogP contribution in [0.25, 0.3) is 11.3 Å². The molecule has 0 saturated carbocycles. The Morgan fingerprint density at radius 3 is 2.35 bits per heavy atom. The highest BCUT2D eigenvalue weighted by Crippen LogP contribution is 2.39. The molecule has 1 aromatic heterocycles. The van der Waals surface area contributed by atoms with Gasteiger partial charge in [-0.25, -0.2) is 0 Å². The minimum absolute atomic E-state index is 0.104.